The summed E-state index contributed by atoms with van der Waals surface area (Å²) in [6, 6.07) is 5.81. The van der Waals surface area contributed by atoms with E-state index in [1.807, 2.05) is 13.0 Å². The Kier molecular flexibility index (Phi) is 3.66. The Hall–Kier alpha value is -2.63. The number of nitrogens with zero attached hydrogens (tertiary/aromatic N) is 2. The first-order valence-electron chi connectivity index (χ1n) is 7.17. The van der Waals surface area contributed by atoms with Gasteiger partial charge in [-0.3, -0.25) is 4.79 Å². The number of carboxylic acid groups (broad SMARTS) is 1. The van der Waals surface area contributed by atoms with Crippen LogP contribution in [-0.2, 0) is 17.6 Å². The van der Waals surface area contributed by atoms with E-state index in [-0.39, 0.29) is 11.6 Å². The number of carbonyl (C=O) groups excluding carboxylic acids is 1. The van der Waals surface area contributed by atoms with Crippen LogP contribution in [0.15, 0.2) is 34.9 Å². The summed E-state index contributed by atoms with van der Waals surface area (Å²) < 4.78 is 5.29. The van der Waals surface area contributed by atoms with Crippen LogP contribution in [0.5, 0.6) is 0 Å². The SMILES string of the molecule is CCc1cccc(C(=O)N2CCc3occc3C2C(=O)O)n1. The van der Waals surface area contributed by atoms with Crippen molar-refractivity contribution in [1.29, 1.82) is 0 Å². The highest BCUT2D eigenvalue weighted by molar-refractivity contribution is 5.95. The Morgan fingerprint density at radius 2 is 2.23 bits per heavy atom. The van der Waals surface area contributed by atoms with E-state index in [0.717, 1.165) is 12.1 Å². The summed E-state index contributed by atoms with van der Waals surface area (Å²) in [5.41, 5.74) is 1.62. The van der Waals surface area contributed by atoms with Gasteiger partial charge in [0.25, 0.3) is 5.91 Å². The molecule has 1 aliphatic rings. The number of carboxylic acids is 1. The number of carbonyl (C=O) groups is 2. The minimum atomic E-state index is -1.07. The maximum absolute atomic E-state index is 12.7. The third-order valence-corrected chi connectivity index (χ3v) is 3.85. The number of aryl methyl sites for hydroxylation is 1. The fourth-order valence-corrected chi connectivity index (χ4v) is 2.74. The van der Waals surface area contributed by atoms with Gasteiger partial charge in [0.2, 0.25) is 0 Å². The Morgan fingerprint density at radius 3 is 2.95 bits per heavy atom. The van der Waals surface area contributed by atoms with Gasteiger partial charge < -0.3 is 14.4 Å². The highest BCUT2D eigenvalue weighted by atomic mass is 16.4. The molecule has 0 bridgehead atoms. The second-order valence-corrected chi connectivity index (χ2v) is 5.16. The topological polar surface area (TPSA) is 83.6 Å². The van der Waals surface area contributed by atoms with Gasteiger partial charge in [0.05, 0.1) is 6.26 Å². The molecule has 114 valence electrons. The molecule has 1 amide bonds. The molecule has 0 saturated heterocycles. The zero-order chi connectivity index (χ0) is 15.7. The lowest BCUT2D eigenvalue weighted by Crippen LogP contribution is -2.43. The lowest BCUT2D eigenvalue weighted by Gasteiger charge is -2.32. The average Bonchev–Trinajstić information content (AvgIpc) is 3.01. The minimum Gasteiger partial charge on any atom is -0.479 e. The van der Waals surface area contributed by atoms with Crippen molar-refractivity contribution in [3.63, 3.8) is 0 Å². The molecule has 1 atom stereocenters. The summed E-state index contributed by atoms with van der Waals surface area (Å²) in [7, 11) is 0. The number of rotatable bonds is 3. The van der Waals surface area contributed by atoms with Crippen molar-refractivity contribution in [1.82, 2.24) is 9.88 Å². The van der Waals surface area contributed by atoms with Crippen LogP contribution < -0.4 is 0 Å². The van der Waals surface area contributed by atoms with E-state index in [1.165, 1.54) is 11.2 Å². The summed E-state index contributed by atoms with van der Waals surface area (Å²) in [4.78, 5) is 30.0. The minimum absolute atomic E-state index is 0.276. The number of hydrogen-bond donors (Lipinski definition) is 1. The molecule has 3 rings (SSSR count). The predicted molar refractivity (Wildman–Crippen MR) is 77.4 cm³/mol. The molecular formula is C16H16N2O4. The molecule has 3 heterocycles. The molecule has 6 heteroatoms. The highest BCUT2D eigenvalue weighted by Gasteiger charge is 2.38. The number of hydrogen-bond acceptors (Lipinski definition) is 4. The molecule has 1 N–H and O–H groups in total. The standard InChI is InChI=1S/C16H16N2O4/c1-2-10-4-3-5-12(17-10)15(19)18-8-6-13-11(7-9-22-13)14(18)16(20)21/h3-5,7,9,14H,2,6,8H2,1H3,(H,20,21). The molecule has 6 nitrogen and oxygen atoms in total. The normalized spacial score (nSPS) is 17.1. The maximum Gasteiger partial charge on any atom is 0.331 e. The third kappa shape index (κ3) is 2.36. The number of furan rings is 1. The summed E-state index contributed by atoms with van der Waals surface area (Å²) in [6.45, 7) is 2.25. The molecule has 0 aliphatic carbocycles. The molecule has 0 fully saturated rings. The van der Waals surface area contributed by atoms with Crippen LogP contribution in [0.4, 0.5) is 0 Å². The van der Waals surface area contributed by atoms with E-state index in [4.69, 9.17) is 4.42 Å². The van der Waals surface area contributed by atoms with Gasteiger partial charge in [0, 0.05) is 24.2 Å². The van der Waals surface area contributed by atoms with Crippen LogP contribution in [0.1, 0.15) is 40.5 Å². The maximum atomic E-state index is 12.7. The van der Waals surface area contributed by atoms with E-state index < -0.39 is 12.0 Å². The Morgan fingerprint density at radius 1 is 1.41 bits per heavy atom. The lowest BCUT2D eigenvalue weighted by molar-refractivity contribution is -0.143. The van der Waals surface area contributed by atoms with E-state index in [1.54, 1.807) is 18.2 Å². The number of aliphatic carboxylic acids is 1. The third-order valence-electron chi connectivity index (χ3n) is 3.85. The van der Waals surface area contributed by atoms with Crippen LogP contribution >= 0.6 is 0 Å². The van der Waals surface area contributed by atoms with Crippen molar-refractivity contribution < 1.29 is 19.1 Å². The quantitative estimate of drug-likeness (QED) is 0.938. The second-order valence-electron chi connectivity index (χ2n) is 5.16. The zero-order valence-corrected chi connectivity index (χ0v) is 12.2. The molecular weight excluding hydrogens is 284 g/mol. The predicted octanol–water partition coefficient (Wildman–Crippen LogP) is 2.06. The highest BCUT2D eigenvalue weighted by Crippen LogP contribution is 2.31. The van der Waals surface area contributed by atoms with Crippen molar-refractivity contribution in [2.75, 3.05) is 6.54 Å². The number of aromatic nitrogens is 1. The largest absolute Gasteiger partial charge is 0.479 e. The first kappa shape index (κ1) is 14.3. The van der Waals surface area contributed by atoms with Gasteiger partial charge in [0.15, 0.2) is 6.04 Å². The zero-order valence-electron chi connectivity index (χ0n) is 12.2. The average molecular weight is 300 g/mol. The fraction of sp³-hybridized carbons (Fsp3) is 0.312. The monoisotopic (exact) mass is 300 g/mol. The molecule has 0 aromatic carbocycles. The molecule has 0 spiro atoms. The molecule has 0 saturated carbocycles. The van der Waals surface area contributed by atoms with Gasteiger partial charge in [-0.2, -0.15) is 0 Å². The molecule has 1 unspecified atom stereocenters. The van der Waals surface area contributed by atoms with Crippen molar-refractivity contribution >= 4 is 11.9 Å². The van der Waals surface area contributed by atoms with Gasteiger partial charge in [-0.05, 0) is 24.6 Å². The first-order valence-corrected chi connectivity index (χ1v) is 7.17. The summed E-state index contributed by atoms with van der Waals surface area (Å²) in [5.74, 6) is -0.802. The van der Waals surface area contributed by atoms with E-state index in [0.29, 0.717) is 24.3 Å². The van der Waals surface area contributed by atoms with Crippen molar-refractivity contribution in [3.8, 4) is 0 Å². The van der Waals surface area contributed by atoms with Gasteiger partial charge in [-0.15, -0.1) is 0 Å². The van der Waals surface area contributed by atoms with E-state index in [2.05, 4.69) is 4.98 Å². The first-order chi connectivity index (χ1) is 10.6. The van der Waals surface area contributed by atoms with Crippen molar-refractivity contribution in [2.24, 2.45) is 0 Å². The fourth-order valence-electron chi connectivity index (χ4n) is 2.74. The molecule has 2 aromatic heterocycles. The van der Waals surface area contributed by atoms with Crippen molar-refractivity contribution in [2.45, 2.75) is 25.8 Å². The number of pyridine rings is 1. The van der Waals surface area contributed by atoms with Crippen LogP contribution in [0.3, 0.4) is 0 Å². The van der Waals surface area contributed by atoms with E-state index in [9.17, 15) is 14.7 Å². The summed E-state index contributed by atoms with van der Waals surface area (Å²) >= 11 is 0. The summed E-state index contributed by atoms with van der Waals surface area (Å²) in [5, 5.41) is 9.51. The van der Waals surface area contributed by atoms with Crippen LogP contribution in [0.2, 0.25) is 0 Å². The van der Waals surface area contributed by atoms with Gasteiger partial charge >= 0.3 is 5.97 Å². The van der Waals surface area contributed by atoms with Crippen LogP contribution in [0.25, 0.3) is 0 Å². The summed E-state index contributed by atoms with van der Waals surface area (Å²) in [6.07, 6.45) is 2.69. The second kappa shape index (κ2) is 5.63. The van der Waals surface area contributed by atoms with Crippen molar-refractivity contribution in [3.05, 3.63) is 53.2 Å². The molecule has 22 heavy (non-hydrogen) atoms. The molecule has 2 aromatic rings. The van der Waals surface area contributed by atoms with Gasteiger partial charge in [0.1, 0.15) is 11.5 Å². The van der Waals surface area contributed by atoms with E-state index >= 15 is 0 Å². The molecule has 1 aliphatic heterocycles. The number of fused-ring (bicyclic) bond motifs is 1. The molecule has 0 radical (unpaired) electrons. The van der Waals surface area contributed by atoms with Gasteiger partial charge in [-0.25, -0.2) is 9.78 Å². The Balaban J connectivity index is 1.96. The van der Waals surface area contributed by atoms with Crippen LogP contribution in [-0.4, -0.2) is 33.4 Å². The number of amides is 1. The van der Waals surface area contributed by atoms with Crippen LogP contribution in [0, 0.1) is 0 Å². The Bertz CT molecular complexity index is 722. The lowest BCUT2D eigenvalue weighted by atomic mass is 9.99. The smallest absolute Gasteiger partial charge is 0.331 e. The van der Waals surface area contributed by atoms with Gasteiger partial charge in [-0.1, -0.05) is 13.0 Å². The Labute approximate surface area is 127 Å².